The number of nitrogen functional groups attached to an aromatic ring is 1. The summed E-state index contributed by atoms with van der Waals surface area (Å²) in [4.78, 5) is 13.3. The van der Waals surface area contributed by atoms with Gasteiger partial charge in [0.15, 0.2) is 0 Å². The number of amides is 1. The molecule has 0 atom stereocenters. The van der Waals surface area contributed by atoms with Crippen LogP contribution in [-0.2, 0) is 0 Å². The molecule has 0 unspecified atom stereocenters. The topological polar surface area (TPSA) is 75.4 Å². The lowest BCUT2D eigenvalue weighted by atomic mass is 10.2. The second-order valence-electron chi connectivity index (χ2n) is 3.77. The summed E-state index contributed by atoms with van der Waals surface area (Å²) >= 11 is 1.40. The molecule has 1 amide bonds. The molecule has 0 bridgehead atoms. The van der Waals surface area contributed by atoms with E-state index in [1.54, 1.807) is 6.07 Å². The normalized spacial score (nSPS) is 10.3. The molecule has 0 spiro atoms. The Bertz CT molecular complexity index is 551. The Morgan fingerprint density at radius 3 is 2.89 bits per heavy atom. The van der Waals surface area contributed by atoms with Gasteiger partial charge in [0.25, 0.3) is 5.91 Å². The van der Waals surface area contributed by atoms with Crippen LogP contribution in [0.25, 0.3) is 10.4 Å². The van der Waals surface area contributed by atoms with Gasteiger partial charge in [0.2, 0.25) is 0 Å². The first-order valence-corrected chi connectivity index (χ1v) is 6.37. The molecule has 2 aromatic rings. The zero-order valence-corrected chi connectivity index (χ0v) is 10.5. The molecule has 1 aromatic heterocycles. The van der Waals surface area contributed by atoms with Crippen LogP contribution >= 0.6 is 11.3 Å². The number of hydrogen-bond acceptors (Lipinski definition) is 4. The number of thiophene rings is 1. The van der Waals surface area contributed by atoms with Gasteiger partial charge < -0.3 is 16.2 Å². The summed E-state index contributed by atoms with van der Waals surface area (Å²) in [7, 11) is 0. The molecule has 0 saturated heterocycles. The van der Waals surface area contributed by atoms with E-state index < -0.39 is 0 Å². The van der Waals surface area contributed by atoms with Gasteiger partial charge in [-0.1, -0.05) is 12.1 Å². The third-order valence-corrected chi connectivity index (χ3v) is 3.53. The van der Waals surface area contributed by atoms with Crippen molar-refractivity contribution in [2.75, 3.05) is 18.9 Å². The van der Waals surface area contributed by atoms with Crippen molar-refractivity contribution in [3.05, 3.63) is 41.3 Å². The van der Waals surface area contributed by atoms with Crippen LogP contribution in [0.2, 0.25) is 0 Å². The Kier molecular flexibility index (Phi) is 3.96. The highest BCUT2D eigenvalue weighted by atomic mass is 32.1. The molecule has 18 heavy (non-hydrogen) atoms. The van der Waals surface area contributed by atoms with E-state index in [1.165, 1.54) is 11.3 Å². The third kappa shape index (κ3) is 2.88. The average molecular weight is 262 g/mol. The van der Waals surface area contributed by atoms with Gasteiger partial charge in [0, 0.05) is 17.1 Å². The van der Waals surface area contributed by atoms with E-state index in [0.717, 1.165) is 10.4 Å². The SMILES string of the molecule is Nc1cccc(-c2ccc(C(=O)NCCO)s2)c1. The standard InChI is InChI=1S/C13H14N2O2S/c14-10-3-1-2-9(8-10)11-4-5-12(18-11)13(17)15-6-7-16/h1-5,8,16H,6-7,14H2,(H,15,17). The molecule has 0 aliphatic carbocycles. The van der Waals surface area contributed by atoms with Crippen LogP contribution < -0.4 is 11.1 Å². The molecule has 1 heterocycles. The van der Waals surface area contributed by atoms with Crippen LogP contribution in [0.5, 0.6) is 0 Å². The van der Waals surface area contributed by atoms with Crippen molar-refractivity contribution in [2.45, 2.75) is 0 Å². The number of rotatable bonds is 4. The Morgan fingerprint density at radius 2 is 2.17 bits per heavy atom. The van der Waals surface area contributed by atoms with Crippen LogP contribution in [-0.4, -0.2) is 24.2 Å². The van der Waals surface area contributed by atoms with Crippen LogP contribution in [0.3, 0.4) is 0 Å². The molecule has 0 radical (unpaired) electrons. The fraction of sp³-hybridized carbons (Fsp3) is 0.154. The van der Waals surface area contributed by atoms with E-state index in [4.69, 9.17) is 10.8 Å². The summed E-state index contributed by atoms with van der Waals surface area (Å²) in [5.41, 5.74) is 7.43. The predicted molar refractivity (Wildman–Crippen MR) is 73.6 cm³/mol. The Balaban J connectivity index is 2.17. The third-order valence-electron chi connectivity index (χ3n) is 2.40. The van der Waals surface area contributed by atoms with E-state index in [9.17, 15) is 4.79 Å². The number of anilines is 1. The van der Waals surface area contributed by atoms with E-state index in [-0.39, 0.29) is 19.1 Å². The number of hydrogen-bond donors (Lipinski definition) is 3. The van der Waals surface area contributed by atoms with Crippen LogP contribution in [0.15, 0.2) is 36.4 Å². The van der Waals surface area contributed by atoms with Crippen LogP contribution in [0.1, 0.15) is 9.67 Å². The highest BCUT2D eigenvalue weighted by Crippen LogP contribution is 2.29. The molecule has 0 fully saturated rings. The fourth-order valence-corrected chi connectivity index (χ4v) is 2.48. The lowest BCUT2D eigenvalue weighted by Gasteiger charge is -2.00. The van der Waals surface area contributed by atoms with Crippen molar-refractivity contribution >= 4 is 22.9 Å². The molecule has 2 rings (SSSR count). The molecule has 0 aliphatic heterocycles. The van der Waals surface area contributed by atoms with Gasteiger partial charge in [-0.15, -0.1) is 11.3 Å². The molecule has 0 saturated carbocycles. The number of aliphatic hydroxyl groups is 1. The largest absolute Gasteiger partial charge is 0.399 e. The van der Waals surface area contributed by atoms with Crippen molar-refractivity contribution in [3.63, 3.8) is 0 Å². The van der Waals surface area contributed by atoms with E-state index in [0.29, 0.717) is 10.6 Å². The quantitative estimate of drug-likeness (QED) is 0.734. The Morgan fingerprint density at radius 1 is 1.33 bits per heavy atom. The van der Waals surface area contributed by atoms with Crippen LogP contribution in [0, 0.1) is 0 Å². The monoisotopic (exact) mass is 262 g/mol. The summed E-state index contributed by atoms with van der Waals surface area (Å²) in [5.74, 6) is -0.163. The van der Waals surface area contributed by atoms with Gasteiger partial charge in [-0.25, -0.2) is 0 Å². The predicted octanol–water partition coefficient (Wildman–Crippen LogP) is 1.72. The second kappa shape index (κ2) is 5.66. The zero-order chi connectivity index (χ0) is 13.0. The molecule has 5 heteroatoms. The summed E-state index contributed by atoms with van der Waals surface area (Å²) in [6, 6.07) is 11.2. The highest BCUT2D eigenvalue weighted by molar-refractivity contribution is 7.17. The molecular weight excluding hydrogens is 248 g/mol. The minimum Gasteiger partial charge on any atom is -0.399 e. The zero-order valence-electron chi connectivity index (χ0n) is 9.72. The number of nitrogens with one attached hydrogen (secondary N) is 1. The summed E-state index contributed by atoms with van der Waals surface area (Å²) in [6.45, 7) is 0.212. The van der Waals surface area contributed by atoms with Crippen molar-refractivity contribution < 1.29 is 9.90 Å². The Labute approximate surface area is 109 Å². The van der Waals surface area contributed by atoms with E-state index in [1.807, 2.05) is 30.3 Å². The first-order valence-electron chi connectivity index (χ1n) is 5.55. The maximum atomic E-state index is 11.7. The number of carbonyl (C=O) groups excluding carboxylic acids is 1. The number of nitrogens with two attached hydrogens (primary N) is 1. The lowest BCUT2D eigenvalue weighted by molar-refractivity contribution is 0.0949. The van der Waals surface area contributed by atoms with Gasteiger partial charge in [-0.3, -0.25) is 4.79 Å². The van der Waals surface area contributed by atoms with E-state index >= 15 is 0 Å². The van der Waals surface area contributed by atoms with Gasteiger partial charge >= 0.3 is 0 Å². The van der Waals surface area contributed by atoms with Crippen LogP contribution in [0.4, 0.5) is 5.69 Å². The summed E-state index contributed by atoms with van der Waals surface area (Å²) < 4.78 is 0. The van der Waals surface area contributed by atoms with E-state index in [2.05, 4.69) is 5.32 Å². The van der Waals surface area contributed by atoms with Crippen molar-refractivity contribution in [1.29, 1.82) is 0 Å². The average Bonchev–Trinajstić information content (AvgIpc) is 2.85. The molecule has 0 aliphatic rings. The Hall–Kier alpha value is -1.85. The molecule has 1 aromatic carbocycles. The maximum Gasteiger partial charge on any atom is 0.261 e. The second-order valence-corrected chi connectivity index (χ2v) is 4.85. The van der Waals surface area contributed by atoms with Crippen molar-refractivity contribution in [3.8, 4) is 10.4 Å². The van der Waals surface area contributed by atoms with Gasteiger partial charge in [-0.05, 0) is 29.8 Å². The summed E-state index contributed by atoms with van der Waals surface area (Å²) in [5, 5.41) is 11.3. The van der Waals surface area contributed by atoms with Gasteiger partial charge in [0.1, 0.15) is 0 Å². The van der Waals surface area contributed by atoms with Crippen molar-refractivity contribution in [1.82, 2.24) is 5.32 Å². The number of aliphatic hydroxyl groups excluding tert-OH is 1. The molecule has 4 N–H and O–H groups in total. The molecule has 4 nitrogen and oxygen atoms in total. The minimum absolute atomic E-state index is 0.0564. The maximum absolute atomic E-state index is 11.7. The lowest BCUT2D eigenvalue weighted by Crippen LogP contribution is -2.25. The van der Waals surface area contributed by atoms with Gasteiger partial charge in [0.05, 0.1) is 11.5 Å². The fourth-order valence-electron chi connectivity index (χ4n) is 1.56. The van der Waals surface area contributed by atoms with Crippen molar-refractivity contribution in [2.24, 2.45) is 0 Å². The first-order chi connectivity index (χ1) is 8.70. The first kappa shape index (κ1) is 12.6. The smallest absolute Gasteiger partial charge is 0.261 e. The number of carbonyl (C=O) groups is 1. The minimum atomic E-state index is -0.163. The summed E-state index contributed by atoms with van der Waals surface area (Å²) in [6.07, 6.45) is 0. The number of benzene rings is 1. The molecular formula is C13H14N2O2S. The molecule has 94 valence electrons. The highest BCUT2D eigenvalue weighted by Gasteiger charge is 2.09. The van der Waals surface area contributed by atoms with Gasteiger partial charge in [-0.2, -0.15) is 0 Å².